The maximum atomic E-state index is 14.4. The zero-order valence-electron chi connectivity index (χ0n) is 17.0. The number of aliphatic imine (C=N–C) groups is 1. The summed E-state index contributed by atoms with van der Waals surface area (Å²) in [6, 6.07) is 11.7. The van der Waals surface area contributed by atoms with Crippen LogP contribution >= 0.6 is 0 Å². The lowest BCUT2D eigenvalue weighted by atomic mass is 9.93. The van der Waals surface area contributed by atoms with Gasteiger partial charge in [0.15, 0.2) is 0 Å². The molecule has 2 amide bonds. The highest BCUT2D eigenvalue weighted by atomic mass is 19.4. The number of amidine groups is 1. The van der Waals surface area contributed by atoms with E-state index in [1.54, 1.807) is 30.3 Å². The Balaban J connectivity index is 1.79. The Morgan fingerprint density at radius 1 is 1.00 bits per heavy atom. The number of rotatable bonds is 4. The third kappa shape index (κ3) is 3.87. The molecule has 0 radical (unpaired) electrons. The Morgan fingerprint density at radius 3 is 2.22 bits per heavy atom. The Bertz CT molecular complexity index is 1030. The molecular weight excluding hydrogens is 426 g/mol. The Hall–Kier alpha value is -3.23. The summed E-state index contributed by atoms with van der Waals surface area (Å²) in [5.74, 6) is -3.25. The molecule has 2 aromatic rings. The van der Waals surface area contributed by atoms with Crippen LogP contribution in [0, 0.1) is 5.82 Å². The molecule has 32 heavy (non-hydrogen) atoms. The number of nitrogens with zero attached hydrogens (tertiary/aromatic N) is 2. The first kappa shape index (κ1) is 22.0. The first-order valence-corrected chi connectivity index (χ1v) is 10.4. The lowest BCUT2D eigenvalue weighted by Crippen LogP contribution is -2.64. The molecular formula is C23H21F4N3O2. The van der Waals surface area contributed by atoms with Crippen LogP contribution < -0.4 is 5.32 Å². The van der Waals surface area contributed by atoms with Gasteiger partial charge in [0, 0.05) is 17.2 Å². The fourth-order valence-electron chi connectivity index (χ4n) is 4.17. The van der Waals surface area contributed by atoms with Crippen molar-refractivity contribution in [2.75, 3.05) is 0 Å². The van der Waals surface area contributed by atoms with Crippen LogP contribution in [-0.4, -0.2) is 40.4 Å². The van der Waals surface area contributed by atoms with Crippen molar-refractivity contribution < 1.29 is 27.2 Å². The second kappa shape index (κ2) is 8.37. The summed E-state index contributed by atoms with van der Waals surface area (Å²) >= 11 is 0. The summed E-state index contributed by atoms with van der Waals surface area (Å²) < 4.78 is 56.4. The van der Waals surface area contributed by atoms with Crippen LogP contribution in [0.4, 0.5) is 17.6 Å². The van der Waals surface area contributed by atoms with Gasteiger partial charge in [-0.2, -0.15) is 13.2 Å². The standard InChI is InChI=1S/C23H21F4N3O2/c24-17-13-11-16(12-14-17)20(31)29-22(23(25,26)27)21(32)30(18-9-5-2-6-10-18)19(28-22)15-7-3-1-4-8-15/h1,3-4,7-8,11-14,18H,2,5-6,9-10H2,(H,29,31)/t22-/m0/s1. The summed E-state index contributed by atoms with van der Waals surface area (Å²) in [6.45, 7) is 0. The first-order chi connectivity index (χ1) is 15.2. The van der Waals surface area contributed by atoms with Crippen molar-refractivity contribution >= 4 is 17.6 Å². The molecule has 4 rings (SSSR count). The van der Waals surface area contributed by atoms with Gasteiger partial charge in [0.25, 0.3) is 11.8 Å². The average Bonchev–Trinajstić information content (AvgIpc) is 3.08. The van der Waals surface area contributed by atoms with Crippen molar-refractivity contribution in [1.82, 2.24) is 10.2 Å². The molecule has 2 aromatic carbocycles. The molecule has 1 saturated carbocycles. The maximum absolute atomic E-state index is 14.4. The molecule has 0 bridgehead atoms. The van der Waals surface area contributed by atoms with Crippen LogP contribution in [0.5, 0.6) is 0 Å². The molecule has 1 N–H and O–H groups in total. The number of halogens is 4. The van der Waals surface area contributed by atoms with Crippen molar-refractivity contribution in [1.29, 1.82) is 0 Å². The van der Waals surface area contributed by atoms with E-state index in [1.165, 1.54) is 0 Å². The van der Waals surface area contributed by atoms with E-state index in [0.717, 1.165) is 48.4 Å². The minimum Gasteiger partial charge on any atom is -0.312 e. The van der Waals surface area contributed by atoms with Crippen LogP contribution in [0.25, 0.3) is 0 Å². The number of hydrogen-bond acceptors (Lipinski definition) is 3. The minimum atomic E-state index is -5.19. The fourth-order valence-corrected chi connectivity index (χ4v) is 4.17. The van der Waals surface area contributed by atoms with Gasteiger partial charge in [0.2, 0.25) is 0 Å². The molecule has 1 heterocycles. The Kier molecular flexibility index (Phi) is 5.75. The SMILES string of the molecule is O=C(N[C@@]1(C(F)(F)F)N=C(c2ccccc2)N(C2CCCCC2)C1=O)c1ccc(F)cc1. The van der Waals surface area contributed by atoms with Crippen molar-refractivity contribution in [3.05, 3.63) is 71.5 Å². The van der Waals surface area contributed by atoms with Crippen LogP contribution in [0.1, 0.15) is 48.0 Å². The molecule has 0 saturated heterocycles. The average molecular weight is 447 g/mol. The molecule has 0 spiro atoms. The summed E-state index contributed by atoms with van der Waals surface area (Å²) in [6.07, 6.45) is -1.56. The summed E-state index contributed by atoms with van der Waals surface area (Å²) in [5, 5.41) is 1.82. The number of amides is 2. The van der Waals surface area contributed by atoms with E-state index in [0.29, 0.717) is 18.4 Å². The smallest absolute Gasteiger partial charge is 0.312 e. The van der Waals surface area contributed by atoms with Crippen LogP contribution in [0.15, 0.2) is 59.6 Å². The van der Waals surface area contributed by atoms with Crippen LogP contribution in [0.2, 0.25) is 0 Å². The van der Waals surface area contributed by atoms with Gasteiger partial charge in [0.05, 0.1) is 0 Å². The monoisotopic (exact) mass is 447 g/mol. The van der Waals surface area contributed by atoms with E-state index < -0.39 is 35.5 Å². The molecule has 1 aliphatic carbocycles. The van der Waals surface area contributed by atoms with Gasteiger partial charge in [-0.05, 0) is 37.1 Å². The molecule has 0 aromatic heterocycles. The highest BCUT2D eigenvalue weighted by Crippen LogP contribution is 2.41. The second-order valence-corrected chi connectivity index (χ2v) is 7.94. The number of hydrogen-bond donors (Lipinski definition) is 1. The lowest BCUT2D eigenvalue weighted by molar-refractivity contribution is -0.197. The van der Waals surface area contributed by atoms with E-state index in [-0.39, 0.29) is 11.4 Å². The van der Waals surface area contributed by atoms with Crippen molar-refractivity contribution in [2.24, 2.45) is 4.99 Å². The van der Waals surface area contributed by atoms with Crippen molar-refractivity contribution in [3.8, 4) is 0 Å². The molecule has 1 atom stereocenters. The van der Waals surface area contributed by atoms with E-state index in [4.69, 9.17) is 0 Å². The number of nitrogens with one attached hydrogen (secondary N) is 1. The molecule has 0 unspecified atom stereocenters. The van der Waals surface area contributed by atoms with E-state index >= 15 is 0 Å². The number of benzene rings is 2. The molecule has 2 aliphatic rings. The second-order valence-electron chi connectivity index (χ2n) is 7.94. The zero-order chi connectivity index (χ0) is 22.9. The normalized spacial score (nSPS) is 22.1. The molecule has 5 nitrogen and oxygen atoms in total. The van der Waals surface area contributed by atoms with Crippen LogP contribution in [0.3, 0.4) is 0 Å². The largest absolute Gasteiger partial charge is 0.442 e. The third-order valence-electron chi connectivity index (χ3n) is 5.81. The first-order valence-electron chi connectivity index (χ1n) is 10.4. The quantitative estimate of drug-likeness (QED) is 0.705. The van der Waals surface area contributed by atoms with E-state index in [1.807, 2.05) is 5.32 Å². The van der Waals surface area contributed by atoms with Gasteiger partial charge in [0.1, 0.15) is 11.7 Å². The van der Waals surface area contributed by atoms with Gasteiger partial charge in [-0.3, -0.25) is 14.5 Å². The predicted octanol–water partition coefficient (Wildman–Crippen LogP) is 4.44. The summed E-state index contributed by atoms with van der Waals surface area (Å²) in [7, 11) is 0. The minimum absolute atomic E-state index is 0.112. The number of carbonyl (C=O) groups is 2. The predicted molar refractivity (Wildman–Crippen MR) is 109 cm³/mol. The van der Waals surface area contributed by atoms with E-state index in [9.17, 15) is 27.2 Å². The highest BCUT2D eigenvalue weighted by molar-refractivity contribution is 6.17. The van der Waals surface area contributed by atoms with Crippen molar-refractivity contribution in [2.45, 2.75) is 50.0 Å². The Morgan fingerprint density at radius 2 is 1.62 bits per heavy atom. The lowest BCUT2D eigenvalue weighted by Gasteiger charge is -2.34. The number of carbonyl (C=O) groups excluding carboxylic acids is 2. The highest BCUT2D eigenvalue weighted by Gasteiger charge is 2.67. The molecule has 1 aliphatic heterocycles. The van der Waals surface area contributed by atoms with E-state index in [2.05, 4.69) is 4.99 Å². The van der Waals surface area contributed by atoms with Gasteiger partial charge >= 0.3 is 11.8 Å². The van der Waals surface area contributed by atoms with Gasteiger partial charge < -0.3 is 5.32 Å². The Labute approximate surface area is 182 Å². The third-order valence-corrected chi connectivity index (χ3v) is 5.81. The zero-order valence-corrected chi connectivity index (χ0v) is 17.0. The molecule has 9 heteroatoms. The van der Waals surface area contributed by atoms with Crippen LogP contribution in [-0.2, 0) is 4.79 Å². The summed E-state index contributed by atoms with van der Waals surface area (Å²) in [5.41, 5.74) is -3.31. The van der Waals surface area contributed by atoms with Gasteiger partial charge in [-0.15, -0.1) is 0 Å². The maximum Gasteiger partial charge on any atom is 0.442 e. The molecule has 1 fully saturated rings. The molecule has 168 valence electrons. The topological polar surface area (TPSA) is 61.8 Å². The fraction of sp³-hybridized carbons (Fsp3) is 0.348. The van der Waals surface area contributed by atoms with Crippen molar-refractivity contribution in [3.63, 3.8) is 0 Å². The van der Waals surface area contributed by atoms with Gasteiger partial charge in [-0.25, -0.2) is 9.38 Å². The summed E-state index contributed by atoms with van der Waals surface area (Å²) in [4.78, 5) is 31.0. The number of alkyl halides is 3. The van der Waals surface area contributed by atoms with Gasteiger partial charge in [-0.1, -0.05) is 49.6 Å².